The van der Waals surface area contributed by atoms with Crippen LogP contribution in [-0.4, -0.2) is 32.2 Å². The number of quaternary nitrogens is 1. The summed E-state index contributed by atoms with van der Waals surface area (Å²) in [7, 11) is 0. The highest BCUT2D eigenvalue weighted by molar-refractivity contribution is 6.04. The maximum Gasteiger partial charge on any atom is 0.261 e. The highest BCUT2D eigenvalue weighted by Gasteiger charge is 2.29. The van der Waals surface area contributed by atoms with Gasteiger partial charge in [0.25, 0.3) is 5.91 Å². The molecule has 2 N–H and O–H groups in total. The summed E-state index contributed by atoms with van der Waals surface area (Å²) in [6.07, 6.45) is 0. The second-order valence-electron chi connectivity index (χ2n) is 6.14. The van der Waals surface area contributed by atoms with Gasteiger partial charge in [-0.25, -0.2) is 22.0 Å². The zero-order chi connectivity index (χ0) is 19.6. The lowest BCUT2D eigenvalue weighted by atomic mass is 10.1. The van der Waals surface area contributed by atoms with Gasteiger partial charge in [-0.2, -0.15) is 0 Å². The molecular weight excluding hydrogens is 371 g/mol. The maximum atomic E-state index is 13.7. The summed E-state index contributed by atoms with van der Waals surface area (Å²) in [6.45, 7) is 3.86. The van der Waals surface area contributed by atoms with Gasteiger partial charge in [-0.3, -0.25) is 4.79 Å². The minimum Gasteiger partial charge on any atom is -0.370 e. The molecule has 0 unspecified atom stereocenters. The van der Waals surface area contributed by atoms with Gasteiger partial charge in [0, 0.05) is 11.3 Å². The lowest BCUT2D eigenvalue weighted by molar-refractivity contribution is -0.921. The summed E-state index contributed by atoms with van der Waals surface area (Å²) >= 11 is 0. The largest absolute Gasteiger partial charge is 0.370 e. The van der Waals surface area contributed by atoms with E-state index in [-0.39, 0.29) is 5.69 Å². The smallest absolute Gasteiger partial charge is 0.261 e. The van der Waals surface area contributed by atoms with Crippen molar-refractivity contribution in [3.63, 3.8) is 0 Å². The molecule has 0 radical (unpaired) electrons. The monoisotopic (exact) mass is 387 g/mol. The van der Waals surface area contributed by atoms with Crippen LogP contribution in [0.1, 0.15) is 15.9 Å². The fourth-order valence-corrected chi connectivity index (χ4v) is 2.83. The number of benzene rings is 2. The number of hydrogen-bond acceptors (Lipinski definition) is 2. The SMILES string of the molecule is O=C(Nc1ccc(C[NH+]2CCOCC2)cc1)c1c(F)c(F)c(F)c(F)c1F. The van der Waals surface area contributed by atoms with Gasteiger partial charge in [-0.15, -0.1) is 0 Å². The second kappa shape index (κ2) is 8.01. The van der Waals surface area contributed by atoms with Crippen LogP contribution in [0.2, 0.25) is 0 Å². The Kier molecular flexibility index (Phi) is 5.71. The Morgan fingerprint density at radius 2 is 1.41 bits per heavy atom. The molecular formula is C18H16F5N2O2+. The summed E-state index contributed by atoms with van der Waals surface area (Å²) in [5, 5.41) is 2.14. The van der Waals surface area contributed by atoms with Crippen LogP contribution >= 0.6 is 0 Å². The normalized spacial score (nSPS) is 15.0. The molecule has 0 aromatic heterocycles. The van der Waals surface area contributed by atoms with E-state index in [1.165, 1.54) is 17.0 Å². The Labute approximate surface area is 151 Å². The third-order valence-corrected chi connectivity index (χ3v) is 4.30. The van der Waals surface area contributed by atoms with E-state index in [1.807, 2.05) is 0 Å². The quantitative estimate of drug-likeness (QED) is 0.479. The molecule has 9 heteroatoms. The predicted octanol–water partition coefficient (Wildman–Crippen LogP) is 2.05. The van der Waals surface area contributed by atoms with Gasteiger partial charge in [0.15, 0.2) is 23.3 Å². The van der Waals surface area contributed by atoms with Crippen molar-refractivity contribution in [1.82, 2.24) is 0 Å². The number of morpholine rings is 1. The third kappa shape index (κ3) is 4.09. The number of anilines is 1. The minimum absolute atomic E-state index is 0.171. The van der Waals surface area contributed by atoms with Gasteiger partial charge < -0.3 is 15.0 Å². The summed E-state index contributed by atoms with van der Waals surface area (Å²) in [5.74, 6) is -12.4. The van der Waals surface area contributed by atoms with Crippen LogP contribution in [0.5, 0.6) is 0 Å². The summed E-state index contributed by atoms with van der Waals surface area (Å²) in [4.78, 5) is 13.3. The molecule has 1 aliphatic heterocycles. The number of amides is 1. The minimum atomic E-state index is -2.31. The van der Waals surface area contributed by atoms with Crippen LogP contribution in [-0.2, 0) is 11.3 Å². The zero-order valence-electron chi connectivity index (χ0n) is 14.1. The Morgan fingerprint density at radius 3 is 1.96 bits per heavy atom. The molecule has 1 amide bonds. The fourth-order valence-electron chi connectivity index (χ4n) is 2.83. The van der Waals surface area contributed by atoms with Crippen molar-refractivity contribution in [2.45, 2.75) is 6.54 Å². The molecule has 0 spiro atoms. The summed E-state index contributed by atoms with van der Waals surface area (Å²) in [5.41, 5.74) is -0.376. The first-order chi connectivity index (χ1) is 12.9. The van der Waals surface area contributed by atoms with Crippen molar-refractivity contribution in [3.05, 3.63) is 64.5 Å². The van der Waals surface area contributed by atoms with E-state index in [2.05, 4.69) is 5.32 Å². The highest BCUT2D eigenvalue weighted by Crippen LogP contribution is 2.24. The molecule has 1 aliphatic rings. The molecule has 1 fully saturated rings. The van der Waals surface area contributed by atoms with E-state index in [1.54, 1.807) is 12.1 Å². The van der Waals surface area contributed by atoms with E-state index in [0.717, 1.165) is 25.2 Å². The van der Waals surface area contributed by atoms with Gasteiger partial charge in [-0.05, 0) is 12.1 Å². The van der Waals surface area contributed by atoms with Gasteiger partial charge >= 0.3 is 0 Å². The lowest BCUT2D eigenvalue weighted by Gasteiger charge is -2.23. The number of ether oxygens (including phenoxy) is 1. The first-order valence-corrected chi connectivity index (χ1v) is 8.21. The molecule has 1 heterocycles. The van der Waals surface area contributed by atoms with Crippen LogP contribution in [0.15, 0.2) is 24.3 Å². The molecule has 2 aromatic rings. The van der Waals surface area contributed by atoms with Gasteiger partial charge in [0.1, 0.15) is 25.2 Å². The lowest BCUT2D eigenvalue weighted by Crippen LogP contribution is -3.12. The molecule has 27 heavy (non-hydrogen) atoms. The van der Waals surface area contributed by atoms with Crippen molar-refractivity contribution in [3.8, 4) is 0 Å². The Balaban J connectivity index is 1.73. The summed E-state index contributed by atoms with van der Waals surface area (Å²) < 4.78 is 72.2. The molecule has 0 atom stereocenters. The average Bonchev–Trinajstić information content (AvgIpc) is 2.67. The molecule has 1 saturated heterocycles. The topological polar surface area (TPSA) is 42.8 Å². The number of carbonyl (C=O) groups is 1. The van der Waals surface area contributed by atoms with Crippen LogP contribution in [0.3, 0.4) is 0 Å². The Bertz CT molecular complexity index is 823. The van der Waals surface area contributed by atoms with Crippen molar-refractivity contribution in [2.75, 3.05) is 31.6 Å². The molecule has 0 aliphatic carbocycles. The van der Waals surface area contributed by atoms with E-state index in [4.69, 9.17) is 4.74 Å². The van der Waals surface area contributed by atoms with Crippen molar-refractivity contribution < 1.29 is 36.4 Å². The molecule has 144 valence electrons. The zero-order valence-corrected chi connectivity index (χ0v) is 14.1. The van der Waals surface area contributed by atoms with E-state index >= 15 is 0 Å². The van der Waals surface area contributed by atoms with Gasteiger partial charge in [-0.1, -0.05) is 12.1 Å². The first kappa shape index (κ1) is 19.2. The first-order valence-electron chi connectivity index (χ1n) is 8.21. The Hall–Kier alpha value is -2.52. The second-order valence-corrected chi connectivity index (χ2v) is 6.14. The van der Waals surface area contributed by atoms with Crippen molar-refractivity contribution >= 4 is 11.6 Å². The number of nitrogens with one attached hydrogen (secondary N) is 2. The molecule has 0 saturated carbocycles. The molecule has 4 nitrogen and oxygen atoms in total. The standard InChI is InChI=1S/C18H15F5N2O2/c19-13-12(14(20)16(22)17(23)15(13)21)18(26)24-11-3-1-10(2-4-11)9-25-5-7-27-8-6-25/h1-4H,5-9H2,(H,24,26)/p+1. The maximum absolute atomic E-state index is 13.7. The third-order valence-electron chi connectivity index (χ3n) is 4.30. The van der Waals surface area contributed by atoms with E-state index in [0.29, 0.717) is 13.2 Å². The number of hydrogen-bond donors (Lipinski definition) is 2. The Morgan fingerprint density at radius 1 is 0.889 bits per heavy atom. The van der Waals surface area contributed by atoms with E-state index < -0.39 is 40.6 Å². The van der Waals surface area contributed by atoms with Crippen molar-refractivity contribution in [1.29, 1.82) is 0 Å². The molecule has 0 bridgehead atoms. The highest BCUT2D eigenvalue weighted by atomic mass is 19.2. The fraction of sp³-hybridized carbons (Fsp3) is 0.278. The number of rotatable bonds is 4. The van der Waals surface area contributed by atoms with Crippen LogP contribution in [0, 0.1) is 29.1 Å². The molecule has 3 rings (SSSR count). The van der Waals surface area contributed by atoms with Crippen LogP contribution in [0.25, 0.3) is 0 Å². The number of halogens is 5. The van der Waals surface area contributed by atoms with Gasteiger partial charge in [0.05, 0.1) is 13.2 Å². The summed E-state index contributed by atoms with van der Waals surface area (Å²) in [6, 6.07) is 6.44. The molecule has 2 aromatic carbocycles. The van der Waals surface area contributed by atoms with Crippen LogP contribution < -0.4 is 10.2 Å². The van der Waals surface area contributed by atoms with Crippen molar-refractivity contribution in [2.24, 2.45) is 0 Å². The predicted molar refractivity (Wildman–Crippen MR) is 85.8 cm³/mol. The van der Waals surface area contributed by atoms with Crippen LogP contribution in [0.4, 0.5) is 27.6 Å². The van der Waals surface area contributed by atoms with E-state index in [9.17, 15) is 26.7 Å². The number of carbonyl (C=O) groups excluding carboxylic acids is 1. The average molecular weight is 387 g/mol. The van der Waals surface area contributed by atoms with Gasteiger partial charge in [0.2, 0.25) is 5.82 Å².